The molecule has 0 unspecified atom stereocenters. The SMILES string of the molecule is Cc1ccc(N2C(=O)C(Nc3ccc(OC(C)C)cc3)=C(c3cccs3)C2=O)c(C)c1. The van der Waals surface area contributed by atoms with Crippen LogP contribution in [0.1, 0.15) is 29.9 Å². The lowest BCUT2D eigenvalue weighted by Gasteiger charge is -2.18. The van der Waals surface area contributed by atoms with Gasteiger partial charge in [-0.05, 0) is 75.0 Å². The van der Waals surface area contributed by atoms with Crippen LogP contribution in [0.15, 0.2) is 65.7 Å². The Hall–Kier alpha value is -3.38. The minimum atomic E-state index is -0.358. The number of carbonyl (C=O) groups excluding carboxylic acids is 2. The number of rotatable bonds is 6. The Kier molecular flexibility index (Phi) is 5.65. The largest absolute Gasteiger partial charge is 0.491 e. The summed E-state index contributed by atoms with van der Waals surface area (Å²) in [5, 5.41) is 5.09. The van der Waals surface area contributed by atoms with Crippen molar-refractivity contribution in [2.45, 2.75) is 33.8 Å². The Morgan fingerprint density at radius 2 is 1.71 bits per heavy atom. The second-order valence-corrected chi connectivity index (χ2v) is 8.73. The fourth-order valence-electron chi connectivity index (χ4n) is 3.60. The summed E-state index contributed by atoms with van der Waals surface area (Å²) in [6.07, 6.45) is 0.0762. The molecule has 2 heterocycles. The topological polar surface area (TPSA) is 58.6 Å². The number of hydrogen-bond donors (Lipinski definition) is 1. The van der Waals surface area contributed by atoms with Gasteiger partial charge in [0.15, 0.2) is 0 Å². The molecule has 2 amide bonds. The van der Waals surface area contributed by atoms with Gasteiger partial charge in [-0.15, -0.1) is 11.3 Å². The van der Waals surface area contributed by atoms with Gasteiger partial charge in [0.05, 0.1) is 17.4 Å². The molecule has 0 radical (unpaired) electrons. The van der Waals surface area contributed by atoms with Gasteiger partial charge in [0, 0.05) is 10.6 Å². The van der Waals surface area contributed by atoms with Crippen molar-refractivity contribution in [3.05, 3.63) is 81.7 Å². The molecule has 1 N–H and O–H groups in total. The van der Waals surface area contributed by atoms with E-state index in [0.29, 0.717) is 16.9 Å². The number of imide groups is 1. The van der Waals surface area contributed by atoms with Crippen molar-refractivity contribution in [3.8, 4) is 5.75 Å². The van der Waals surface area contributed by atoms with Crippen molar-refractivity contribution in [3.63, 3.8) is 0 Å². The first-order chi connectivity index (χ1) is 14.8. The highest BCUT2D eigenvalue weighted by molar-refractivity contribution is 7.11. The first kappa shape index (κ1) is 20.9. The van der Waals surface area contributed by atoms with Crippen LogP contribution in [0.3, 0.4) is 0 Å². The molecule has 0 fully saturated rings. The van der Waals surface area contributed by atoms with E-state index >= 15 is 0 Å². The van der Waals surface area contributed by atoms with Crippen molar-refractivity contribution in [1.29, 1.82) is 0 Å². The molecule has 0 spiro atoms. The smallest absolute Gasteiger partial charge is 0.282 e. The van der Waals surface area contributed by atoms with Gasteiger partial charge in [-0.25, -0.2) is 4.90 Å². The number of amides is 2. The van der Waals surface area contributed by atoms with Gasteiger partial charge >= 0.3 is 0 Å². The van der Waals surface area contributed by atoms with E-state index in [2.05, 4.69) is 5.32 Å². The number of thiophene rings is 1. The lowest BCUT2D eigenvalue weighted by molar-refractivity contribution is -0.120. The van der Waals surface area contributed by atoms with Gasteiger partial charge in [-0.3, -0.25) is 9.59 Å². The molecule has 0 atom stereocenters. The molecular formula is C25H24N2O3S. The molecule has 158 valence electrons. The maximum Gasteiger partial charge on any atom is 0.282 e. The fourth-order valence-corrected chi connectivity index (χ4v) is 4.37. The number of anilines is 2. The van der Waals surface area contributed by atoms with Crippen LogP contribution in [-0.2, 0) is 9.59 Å². The number of carbonyl (C=O) groups is 2. The molecule has 3 aromatic rings. The van der Waals surface area contributed by atoms with E-state index in [-0.39, 0.29) is 23.6 Å². The molecule has 6 heteroatoms. The molecule has 0 saturated carbocycles. The quantitative estimate of drug-likeness (QED) is 0.519. The normalized spacial score (nSPS) is 14.0. The highest BCUT2D eigenvalue weighted by Crippen LogP contribution is 2.37. The van der Waals surface area contributed by atoms with E-state index in [1.165, 1.54) is 16.2 Å². The summed E-state index contributed by atoms with van der Waals surface area (Å²) in [6, 6.07) is 16.8. The fraction of sp³-hybridized carbons (Fsp3) is 0.200. The zero-order valence-corrected chi connectivity index (χ0v) is 18.7. The van der Waals surface area contributed by atoms with Gasteiger partial charge < -0.3 is 10.1 Å². The minimum absolute atomic E-state index is 0.0762. The summed E-state index contributed by atoms with van der Waals surface area (Å²) < 4.78 is 5.69. The van der Waals surface area contributed by atoms with Crippen LogP contribution in [0.5, 0.6) is 5.75 Å². The lowest BCUT2D eigenvalue weighted by Crippen LogP contribution is -2.33. The first-order valence-corrected chi connectivity index (χ1v) is 11.0. The third-order valence-corrected chi connectivity index (χ3v) is 5.83. The molecule has 1 aliphatic heterocycles. The third kappa shape index (κ3) is 4.11. The summed E-state index contributed by atoms with van der Waals surface area (Å²) in [7, 11) is 0. The molecule has 5 nitrogen and oxygen atoms in total. The highest BCUT2D eigenvalue weighted by Gasteiger charge is 2.41. The molecule has 1 aliphatic rings. The highest BCUT2D eigenvalue weighted by atomic mass is 32.1. The third-order valence-electron chi connectivity index (χ3n) is 4.94. The first-order valence-electron chi connectivity index (χ1n) is 10.1. The van der Waals surface area contributed by atoms with E-state index < -0.39 is 0 Å². The second kappa shape index (κ2) is 8.40. The van der Waals surface area contributed by atoms with E-state index in [1.807, 2.05) is 87.7 Å². The van der Waals surface area contributed by atoms with E-state index in [1.54, 1.807) is 0 Å². The zero-order chi connectivity index (χ0) is 22.1. The number of hydrogen-bond acceptors (Lipinski definition) is 5. The Labute approximate surface area is 186 Å². The lowest BCUT2D eigenvalue weighted by atomic mass is 10.1. The van der Waals surface area contributed by atoms with Crippen LogP contribution in [0.2, 0.25) is 0 Å². The van der Waals surface area contributed by atoms with Crippen LogP contribution in [0, 0.1) is 13.8 Å². The molecule has 4 rings (SSSR count). The van der Waals surface area contributed by atoms with Crippen molar-refractivity contribution < 1.29 is 14.3 Å². The summed E-state index contributed by atoms with van der Waals surface area (Å²) in [5.41, 5.74) is 3.95. The molecule has 0 bridgehead atoms. The maximum atomic E-state index is 13.4. The van der Waals surface area contributed by atoms with Crippen molar-refractivity contribution in [2.75, 3.05) is 10.2 Å². The summed E-state index contributed by atoms with van der Waals surface area (Å²) >= 11 is 1.44. The van der Waals surface area contributed by atoms with Crippen LogP contribution in [0.25, 0.3) is 5.57 Å². The zero-order valence-electron chi connectivity index (χ0n) is 17.9. The average molecular weight is 433 g/mol. The number of nitrogens with zero attached hydrogens (tertiary/aromatic N) is 1. The Morgan fingerprint density at radius 3 is 2.32 bits per heavy atom. The van der Waals surface area contributed by atoms with Crippen LogP contribution < -0.4 is 15.0 Å². The standard InChI is InChI=1S/C25H24N2O3S/c1-15(2)30-19-10-8-18(9-11-19)26-23-22(21-6-5-13-31-21)24(28)27(25(23)29)20-12-7-16(3)14-17(20)4/h5-15,26H,1-4H3. The molecule has 31 heavy (non-hydrogen) atoms. The predicted octanol–water partition coefficient (Wildman–Crippen LogP) is 5.55. The van der Waals surface area contributed by atoms with Crippen molar-refractivity contribution in [1.82, 2.24) is 0 Å². The van der Waals surface area contributed by atoms with Gasteiger partial charge in [0.25, 0.3) is 11.8 Å². The van der Waals surface area contributed by atoms with Crippen LogP contribution in [0.4, 0.5) is 11.4 Å². The number of nitrogens with one attached hydrogen (secondary N) is 1. The molecule has 0 aliphatic carbocycles. The Morgan fingerprint density at radius 1 is 0.968 bits per heavy atom. The van der Waals surface area contributed by atoms with E-state index in [9.17, 15) is 9.59 Å². The van der Waals surface area contributed by atoms with Gasteiger partial charge in [0.1, 0.15) is 11.4 Å². The van der Waals surface area contributed by atoms with E-state index in [4.69, 9.17) is 4.74 Å². The molecule has 1 aromatic heterocycles. The molecule has 0 saturated heterocycles. The number of aryl methyl sites for hydroxylation is 2. The monoisotopic (exact) mass is 432 g/mol. The second-order valence-electron chi connectivity index (χ2n) is 7.78. The van der Waals surface area contributed by atoms with E-state index in [0.717, 1.165) is 21.8 Å². The number of benzene rings is 2. The Balaban J connectivity index is 1.72. The Bertz CT molecular complexity index is 1160. The molecular weight excluding hydrogens is 408 g/mol. The summed E-state index contributed by atoms with van der Waals surface area (Å²) in [5.74, 6) is 0.0725. The van der Waals surface area contributed by atoms with Crippen molar-refractivity contribution in [2.24, 2.45) is 0 Å². The van der Waals surface area contributed by atoms with Gasteiger partial charge in [-0.2, -0.15) is 0 Å². The van der Waals surface area contributed by atoms with Crippen LogP contribution in [-0.4, -0.2) is 17.9 Å². The average Bonchev–Trinajstić information content (AvgIpc) is 3.31. The minimum Gasteiger partial charge on any atom is -0.491 e. The van der Waals surface area contributed by atoms with Gasteiger partial charge in [-0.1, -0.05) is 23.8 Å². The molecule has 2 aromatic carbocycles. The van der Waals surface area contributed by atoms with Crippen LogP contribution >= 0.6 is 11.3 Å². The predicted molar refractivity (Wildman–Crippen MR) is 125 cm³/mol. The van der Waals surface area contributed by atoms with Gasteiger partial charge in [0.2, 0.25) is 0 Å². The summed E-state index contributed by atoms with van der Waals surface area (Å²) in [4.78, 5) is 28.9. The number of ether oxygens (including phenoxy) is 1. The summed E-state index contributed by atoms with van der Waals surface area (Å²) in [6.45, 7) is 7.83. The maximum absolute atomic E-state index is 13.4. The van der Waals surface area contributed by atoms with Crippen molar-refractivity contribution >= 4 is 40.1 Å².